The Labute approximate surface area is 85.5 Å². The van der Waals surface area contributed by atoms with Gasteiger partial charge in [0, 0.05) is 17.9 Å². The summed E-state index contributed by atoms with van der Waals surface area (Å²) in [6, 6.07) is 6.24. The Hall–Kier alpha value is -1.18. The molecule has 0 fully saturated rings. The lowest BCUT2D eigenvalue weighted by atomic mass is 9.87. The number of nitrogens with two attached hydrogens (primary N) is 1. The fourth-order valence-corrected chi connectivity index (χ4v) is 2.27. The van der Waals surface area contributed by atoms with Crippen molar-refractivity contribution in [1.82, 2.24) is 0 Å². The SMILES string of the molecule is CCCC1CCNc2cc(N)ccc21. The van der Waals surface area contributed by atoms with E-state index in [9.17, 15) is 0 Å². The highest BCUT2D eigenvalue weighted by atomic mass is 14.9. The minimum Gasteiger partial charge on any atom is -0.399 e. The third-order valence-electron chi connectivity index (χ3n) is 2.96. The molecule has 1 heterocycles. The van der Waals surface area contributed by atoms with Gasteiger partial charge in [0.2, 0.25) is 0 Å². The molecule has 76 valence electrons. The summed E-state index contributed by atoms with van der Waals surface area (Å²) in [5.41, 5.74) is 9.31. The van der Waals surface area contributed by atoms with E-state index in [0.717, 1.165) is 18.2 Å². The first-order valence-electron chi connectivity index (χ1n) is 5.44. The first kappa shape index (κ1) is 9.38. The highest BCUT2D eigenvalue weighted by molar-refractivity contribution is 5.62. The van der Waals surface area contributed by atoms with Crippen LogP contribution in [0.2, 0.25) is 0 Å². The van der Waals surface area contributed by atoms with Crippen molar-refractivity contribution in [2.45, 2.75) is 32.1 Å². The molecular formula is C12H18N2. The summed E-state index contributed by atoms with van der Waals surface area (Å²) in [5.74, 6) is 0.733. The maximum Gasteiger partial charge on any atom is 0.0396 e. The number of rotatable bonds is 2. The van der Waals surface area contributed by atoms with Gasteiger partial charge >= 0.3 is 0 Å². The zero-order chi connectivity index (χ0) is 9.97. The van der Waals surface area contributed by atoms with Crippen LogP contribution in [-0.4, -0.2) is 6.54 Å². The van der Waals surface area contributed by atoms with Crippen LogP contribution in [0.3, 0.4) is 0 Å². The number of hydrogen-bond donors (Lipinski definition) is 2. The molecule has 2 heteroatoms. The number of hydrogen-bond acceptors (Lipinski definition) is 2. The molecular weight excluding hydrogens is 172 g/mol. The van der Waals surface area contributed by atoms with E-state index in [4.69, 9.17) is 5.73 Å². The highest BCUT2D eigenvalue weighted by Crippen LogP contribution is 2.35. The maximum absolute atomic E-state index is 5.76. The molecule has 3 N–H and O–H groups in total. The van der Waals surface area contributed by atoms with Gasteiger partial charge in [0.05, 0.1) is 0 Å². The first-order valence-corrected chi connectivity index (χ1v) is 5.44. The van der Waals surface area contributed by atoms with Crippen molar-refractivity contribution in [2.24, 2.45) is 0 Å². The topological polar surface area (TPSA) is 38.0 Å². The van der Waals surface area contributed by atoms with Crippen LogP contribution in [0.25, 0.3) is 0 Å². The van der Waals surface area contributed by atoms with Crippen LogP contribution in [0, 0.1) is 0 Å². The quantitative estimate of drug-likeness (QED) is 0.704. The molecule has 0 amide bonds. The second-order valence-electron chi connectivity index (χ2n) is 4.05. The third kappa shape index (κ3) is 1.69. The van der Waals surface area contributed by atoms with E-state index in [1.165, 1.54) is 30.5 Å². The second kappa shape index (κ2) is 3.91. The molecule has 0 bridgehead atoms. The Morgan fingerprint density at radius 1 is 1.50 bits per heavy atom. The molecule has 1 aliphatic rings. The predicted octanol–water partition coefficient (Wildman–Crippen LogP) is 2.97. The van der Waals surface area contributed by atoms with Gasteiger partial charge in [0.1, 0.15) is 0 Å². The van der Waals surface area contributed by atoms with Gasteiger partial charge in [0.25, 0.3) is 0 Å². The Kier molecular flexibility index (Phi) is 2.62. The molecule has 1 aromatic carbocycles. The minimum absolute atomic E-state index is 0.733. The van der Waals surface area contributed by atoms with E-state index in [-0.39, 0.29) is 0 Å². The zero-order valence-electron chi connectivity index (χ0n) is 8.72. The van der Waals surface area contributed by atoms with Crippen LogP contribution < -0.4 is 11.1 Å². The molecule has 0 radical (unpaired) electrons. The second-order valence-corrected chi connectivity index (χ2v) is 4.05. The summed E-state index contributed by atoms with van der Waals surface area (Å²) in [7, 11) is 0. The molecule has 0 aromatic heterocycles. The summed E-state index contributed by atoms with van der Waals surface area (Å²) in [6.45, 7) is 3.33. The van der Waals surface area contributed by atoms with Crippen molar-refractivity contribution < 1.29 is 0 Å². The average Bonchev–Trinajstić information content (AvgIpc) is 2.18. The molecule has 1 atom stereocenters. The average molecular weight is 190 g/mol. The molecule has 1 aromatic rings. The monoisotopic (exact) mass is 190 g/mol. The van der Waals surface area contributed by atoms with Gasteiger partial charge in [-0.15, -0.1) is 0 Å². The van der Waals surface area contributed by atoms with Crippen LogP contribution in [0.5, 0.6) is 0 Å². The van der Waals surface area contributed by atoms with Crippen molar-refractivity contribution in [3.05, 3.63) is 23.8 Å². The Bertz CT molecular complexity index is 320. The molecule has 14 heavy (non-hydrogen) atoms. The minimum atomic E-state index is 0.733. The van der Waals surface area contributed by atoms with Crippen molar-refractivity contribution in [3.8, 4) is 0 Å². The highest BCUT2D eigenvalue weighted by Gasteiger charge is 2.18. The van der Waals surface area contributed by atoms with Crippen LogP contribution >= 0.6 is 0 Å². The standard InChI is InChI=1S/C12H18N2/c1-2-3-9-6-7-14-12-8-10(13)4-5-11(9)12/h4-5,8-9,14H,2-3,6-7,13H2,1H3. The van der Waals surface area contributed by atoms with E-state index in [0.29, 0.717) is 0 Å². The lowest BCUT2D eigenvalue weighted by Crippen LogP contribution is -2.16. The van der Waals surface area contributed by atoms with Gasteiger partial charge in [-0.25, -0.2) is 0 Å². The number of fused-ring (bicyclic) bond motifs is 1. The van der Waals surface area contributed by atoms with Crippen molar-refractivity contribution in [1.29, 1.82) is 0 Å². The number of anilines is 2. The number of nitrogen functional groups attached to an aromatic ring is 1. The van der Waals surface area contributed by atoms with Crippen LogP contribution in [0.15, 0.2) is 18.2 Å². The fourth-order valence-electron chi connectivity index (χ4n) is 2.27. The predicted molar refractivity (Wildman–Crippen MR) is 61.6 cm³/mol. The summed E-state index contributed by atoms with van der Waals surface area (Å²) in [5, 5.41) is 3.41. The molecule has 2 nitrogen and oxygen atoms in total. The van der Waals surface area contributed by atoms with Crippen molar-refractivity contribution in [2.75, 3.05) is 17.6 Å². The molecule has 1 aliphatic heterocycles. The van der Waals surface area contributed by atoms with Gasteiger partial charge in [-0.2, -0.15) is 0 Å². The van der Waals surface area contributed by atoms with E-state index in [2.05, 4.69) is 24.4 Å². The molecule has 0 saturated heterocycles. The van der Waals surface area contributed by atoms with Crippen molar-refractivity contribution in [3.63, 3.8) is 0 Å². The van der Waals surface area contributed by atoms with Crippen LogP contribution in [0.4, 0.5) is 11.4 Å². The van der Waals surface area contributed by atoms with Crippen LogP contribution in [0.1, 0.15) is 37.7 Å². The van der Waals surface area contributed by atoms with E-state index in [1.54, 1.807) is 0 Å². The third-order valence-corrected chi connectivity index (χ3v) is 2.96. The van der Waals surface area contributed by atoms with Gasteiger partial charge in [-0.1, -0.05) is 19.4 Å². The number of nitrogens with one attached hydrogen (secondary N) is 1. The molecule has 2 rings (SSSR count). The largest absolute Gasteiger partial charge is 0.399 e. The van der Waals surface area contributed by atoms with Gasteiger partial charge < -0.3 is 11.1 Å². The molecule has 1 unspecified atom stereocenters. The van der Waals surface area contributed by atoms with E-state index in [1.807, 2.05) is 6.07 Å². The summed E-state index contributed by atoms with van der Waals surface area (Å²) < 4.78 is 0. The summed E-state index contributed by atoms with van der Waals surface area (Å²) >= 11 is 0. The lowest BCUT2D eigenvalue weighted by Gasteiger charge is -2.26. The molecule has 0 aliphatic carbocycles. The fraction of sp³-hybridized carbons (Fsp3) is 0.500. The number of benzene rings is 1. The Morgan fingerprint density at radius 3 is 3.14 bits per heavy atom. The van der Waals surface area contributed by atoms with Gasteiger partial charge in [-0.3, -0.25) is 0 Å². The lowest BCUT2D eigenvalue weighted by molar-refractivity contribution is 0.571. The normalized spacial score (nSPS) is 19.9. The zero-order valence-corrected chi connectivity index (χ0v) is 8.72. The van der Waals surface area contributed by atoms with Crippen molar-refractivity contribution >= 4 is 11.4 Å². The Morgan fingerprint density at radius 2 is 2.36 bits per heavy atom. The van der Waals surface area contributed by atoms with Gasteiger partial charge in [-0.05, 0) is 36.5 Å². The summed E-state index contributed by atoms with van der Waals surface area (Å²) in [4.78, 5) is 0. The maximum atomic E-state index is 5.76. The van der Waals surface area contributed by atoms with E-state index < -0.39 is 0 Å². The smallest absolute Gasteiger partial charge is 0.0396 e. The molecule has 0 spiro atoms. The van der Waals surface area contributed by atoms with E-state index >= 15 is 0 Å². The molecule has 0 saturated carbocycles. The van der Waals surface area contributed by atoms with Gasteiger partial charge in [0.15, 0.2) is 0 Å². The Balaban J connectivity index is 2.30. The summed E-state index contributed by atoms with van der Waals surface area (Å²) in [6.07, 6.45) is 3.80. The van der Waals surface area contributed by atoms with Crippen LogP contribution in [-0.2, 0) is 0 Å². The first-order chi connectivity index (χ1) is 6.81.